The van der Waals surface area contributed by atoms with E-state index in [1.165, 1.54) is 5.70 Å². The van der Waals surface area contributed by atoms with Gasteiger partial charge in [0.05, 0.1) is 6.61 Å². The zero-order valence-electron chi connectivity index (χ0n) is 8.79. The molecule has 0 fully saturated rings. The smallest absolute Gasteiger partial charge is 0.212 e. The van der Waals surface area contributed by atoms with E-state index >= 15 is 0 Å². The highest BCUT2D eigenvalue weighted by Crippen LogP contribution is 2.12. The first kappa shape index (κ1) is 10.1. The molecular weight excluding hydrogens is 164 g/mol. The maximum Gasteiger partial charge on any atom is 0.212 e. The molecule has 1 atom stereocenters. The summed E-state index contributed by atoms with van der Waals surface area (Å²) in [7, 11) is 0. The Kier molecular flexibility index (Phi) is 3.34. The highest BCUT2D eigenvalue weighted by Gasteiger charge is 2.14. The molecule has 1 aliphatic heterocycles. The van der Waals surface area contributed by atoms with Crippen LogP contribution in [0.5, 0.6) is 0 Å². The summed E-state index contributed by atoms with van der Waals surface area (Å²) in [6.07, 6.45) is 2.11. The number of rotatable bonds is 2. The lowest BCUT2D eigenvalue weighted by molar-refractivity contribution is 0.322. The number of ether oxygens (including phenoxy) is 1. The van der Waals surface area contributed by atoms with Crippen molar-refractivity contribution >= 4 is 5.90 Å². The number of aliphatic imine (C=N–C) groups is 1. The Morgan fingerprint density at radius 2 is 2.31 bits per heavy atom. The number of hydrogen-bond donors (Lipinski definition) is 1. The Bertz CT molecular complexity index is 231. The lowest BCUT2D eigenvalue weighted by Gasteiger charge is -2.22. The Hall–Kier alpha value is -0.990. The molecule has 0 spiro atoms. The van der Waals surface area contributed by atoms with Crippen molar-refractivity contribution in [2.75, 3.05) is 6.61 Å². The van der Waals surface area contributed by atoms with Crippen LogP contribution >= 0.6 is 0 Å². The van der Waals surface area contributed by atoms with E-state index in [0.717, 1.165) is 5.90 Å². The predicted molar refractivity (Wildman–Crippen MR) is 54.6 cm³/mol. The molecule has 13 heavy (non-hydrogen) atoms. The third-order valence-electron chi connectivity index (χ3n) is 1.89. The van der Waals surface area contributed by atoms with Gasteiger partial charge in [-0.2, -0.15) is 0 Å². The van der Waals surface area contributed by atoms with Gasteiger partial charge in [0.2, 0.25) is 5.90 Å². The van der Waals surface area contributed by atoms with Crippen LogP contribution in [0.3, 0.4) is 0 Å². The molecule has 0 aromatic rings. The minimum absolute atomic E-state index is 0.129. The molecule has 0 aromatic carbocycles. The summed E-state index contributed by atoms with van der Waals surface area (Å²) >= 11 is 0. The average Bonchev–Trinajstić information content (AvgIpc) is 2.03. The molecule has 0 saturated heterocycles. The molecule has 0 radical (unpaired) electrons. The summed E-state index contributed by atoms with van der Waals surface area (Å²) < 4.78 is 5.37. The largest absolute Gasteiger partial charge is 0.478 e. The second-order valence-electron chi connectivity index (χ2n) is 3.48. The van der Waals surface area contributed by atoms with Gasteiger partial charge in [-0.3, -0.25) is 0 Å². The van der Waals surface area contributed by atoms with Gasteiger partial charge >= 0.3 is 0 Å². The van der Waals surface area contributed by atoms with Gasteiger partial charge in [-0.15, -0.1) is 0 Å². The molecule has 0 bridgehead atoms. The molecule has 0 aliphatic carbocycles. The van der Waals surface area contributed by atoms with Crippen molar-refractivity contribution in [1.29, 1.82) is 0 Å². The normalized spacial score (nSPS) is 22.1. The van der Waals surface area contributed by atoms with Crippen molar-refractivity contribution in [3.63, 3.8) is 0 Å². The fraction of sp³-hybridized carbons (Fsp3) is 0.700. The van der Waals surface area contributed by atoms with Gasteiger partial charge in [0.15, 0.2) is 0 Å². The lowest BCUT2D eigenvalue weighted by atomic mass is 10.1. The van der Waals surface area contributed by atoms with Crippen LogP contribution in [0, 0.1) is 5.92 Å². The summed E-state index contributed by atoms with van der Waals surface area (Å²) in [6.45, 7) is 8.97. The zero-order chi connectivity index (χ0) is 9.84. The molecule has 3 heteroatoms. The lowest BCUT2D eigenvalue weighted by Crippen LogP contribution is -2.32. The van der Waals surface area contributed by atoms with E-state index in [1.807, 2.05) is 19.9 Å². The van der Waals surface area contributed by atoms with Gasteiger partial charge in [0.25, 0.3) is 0 Å². The summed E-state index contributed by atoms with van der Waals surface area (Å²) in [5.41, 5.74) is 1.20. The van der Waals surface area contributed by atoms with Gasteiger partial charge < -0.3 is 10.1 Å². The summed E-state index contributed by atoms with van der Waals surface area (Å²) in [4.78, 5) is 4.31. The summed E-state index contributed by atoms with van der Waals surface area (Å²) in [5.74, 6) is 1.24. The maximum atomic E-state index is 5.37. The van der Waals surface area contributed by atoms with Crippen LogP contribution in [0.25, 0.3) is 0 Å². The molecule has 74 valence electrons. The molecule has 1 heterocycles. The molecule has 1 rings (SSSR count). The average molecular weight is 182 g/mol. The van der Waals surface area contributed by atoms with Crippen LogP contribution in [0.15, 0.2) is 16.8 Å². The predicted octanol–water partition coefficient (Wildman–Crippen LogP) is 1.91. The Labute approximate surface area is 79.9 Å². The van der Waals surface area contributed by atoms with Crippen LogP contribution in [-0.4, -0.2) is 18.7 Å². The van der Waals surface area contributed by atoms with Crippen LogP contribution < -0.4 is 5.32 Å². The molecule has 1 unspecified atom stereocenters. The van der Waals surface area contributed by atoms with Crippen LogP contribution in [0.2, 0.25) is 0 Å². The molecule has 0 aromatic heterocycles. The van der Waals surface area contributed by atoms with E-state index < -0.39 is 0 Å². The molecular formula is C10H18N2O. The van der Waals surface area contributed by atoms with Crippen LogP contribution in [0.1, 0.15) is 27.7 Å². The first-order chi connectivity index (χ1) is 6.13. The van der Waals surface area contributed by atoms with E-state index in [1.54, 1.807) is 0 Å². The Morgan fingerprint density at radius 3 is 2.85 bits per heavy atom. The second-order valence-corrected chi connectivity index (χ2v) is 3.48. The van der Waals surface area contributed by atoms with E-state index in [9.17, 15) is 0 Å². The van der Waals surface area contributed by atoms with Gasteiger partial charge in [0, 0.05) is 11.8 Å². The number of allylic oxidation sites excluding steroid dienone is 1. The van der Waals surface area contributed by atoms with Gasteiger partial charge in [-0.05, 0) is 19.8 Å². The third-order valence-corrected chi connectivity index (χ3v) is 1.89. The Balaban J connectivity index is 2.72. The first-order valence-corrected chi connectivity index (χ1v) is 4.82. The fourth-order valence-corrected chi connectivity index (χ4v) is 1.24. The van der Waals surface area contributed by atoms with E-state index in [-0.39, 0.29) is 6.17 Å². The number of nitrogens with one attached hydrogen (secondary N) is 1. The minimum Gasteiger partial charge on any atom is -0.478 e. The van der Waals surface area contributed by atoms with Crippen LogP contribution in [-0.2, 0) is 4.74 Å². The zero-order valence-corrected chi connectivity index (χ0v) is 8.79. The van der Waals surface area contributed by atoms with Crippen LogP contribution in [0.4, 0.5) is 0 Å². The quantitative estimate of drug-likeness (QED) is 0.707. The fourth-order valence-electron chi connectivity index (χ4n) is 1.24. The van der Waals surface area contributed by atoms with E-state index in [2.05, 4.69) is 24.2 Å². The van der Waals surface area contributed by atoms with Gasteiger partial charge in [-0.25, -0.2) is 4.99 Å². The van der Waals surface area contributed by atoms with Crippen molar-refractivity contribution in [3.8, 4) is 0 Å². The molecule has 0 amide bonds. The van der Waals surface area contributed by atoms with Crippen molar-refractivity contribution < 1.29 is 4.74 Å². The van der Waals surface area contributed by atoms with E-state index in [0.29, 0.717) is 12.5 Å². The minimum atomic E-state index is 0.129. The molecule has 3 nitrogen and oxygen atoms in total. The van der Waals surface area contributed by atoms with Crippen molar-refractivity contribution in [3.05, 3.63) is 11.8 Å². The molecule has 1 N–H and O–H groups in total. The maximum absolute atomic E-state index is 5.37. The van der Waals surface area contributed by atoms with Gasteiger partial charge in [-0.1, -0.05) is 13.8 Å². The first-order valence-electron chi connectivity index (χ1n) is 4.82. The van der Waals surface area contributed by atoms with E-state index in [4.69, 9.17) is 4.74 Å². The second kappa shape index (κ2) is 4.30. The molecule has 0 saturated carbocycles. The topological polar surface area (TPSA) is 33.6 Å². The van der Waals surface area contributed by atoms with Crippen molar-refractivity contribution in [2.45, 2.75) is 33.9 Å². The standard InChI is InChI=1S/C10H18N2O/c1-5-13-10-6-9(7(2)3)11-8(4)12-10/h6-8,11H,5H2,1-4H3. The third kappa shape index (κ3) is 2.76. The number of hydrogen-bond acceptors (Lipinski definition) is 3. The monoisotopic (exact) mass is 182 g/mol. The van der Waals surface area contributed by atoms with Crippen molar-refractivity contribution in [2.24, 2.45) is 10.9 Å². The molecule has 1 aliphatic rings. The highest BCUT2D eigenvalue weighted by molar-refractivity contribution is 5.89. The number of nitrogens with zero attached hydrogens (tertiary/aromatic N) is 1. The Morgan fingerprint density at radius 1 is 1.62 bits per heavy atom. The SMILES string of the molecule is CCOC1=NC(C)NC(C(C)C)=C1. The summed E-state index contributed by atoms with van der Waals surface area (Å²) in [6, 6.07) is 0. The summed E-state index contributed by atoms with van der Waals surface area (Å²) in [5, 5.41) is 3.30. The van der Waals surface area contributed by atoms with Crippen molar-refractivity contribution in [1.82, 2.24) is 5.32 Å². The van der Waals surface area contributed by atoms with Gasteiger partial charge in [0.1, 0.15) is 6.17 Å². The highest BCUT2D eigenvalue weighted by atomic mass is 16.5.